The second kappa shape index (κ2) is 11.4. The Morgan fingerprint density at radius 2 is 1.77 bits per heavy atom. The molecule has 35 heavy (non-hydrogen) atoms. The van der Waals surface area contributed by atoms with E-state index in [-0.39, 0.29) is 36.8 Å². The molecule has 0 spiro atoms. The molecular weight excluding hydrogens is 470 g/mol. The number of hydrogen-bond acceptors (Lipinski definition) is 6. The molecule has 4 rings (SSSR count). The molecule has 9 nitrogen and oxygen atoms in total. The van der Waals surface area contributed by atoms with Crippen molar-refractivity contribution in [3.05, 3.63) is 48.0 Å². The van der Waals surface area contributed by atoms with Gasteiger partial charge in [0, 0.05) is 34.3 Å². The number of ether oxygens (including phenoxy) is 2. The number of nitrogens with one attached hydrogen (secondary N) is 2. The van der Waals surface area contributed by atoms with E-state index in [4.69, 9.17) is 9.47 Å². The molecule has 0 unspecified atom stereocenters. The van der Waals surface area contributed by atoms with Gasteiger partial charge >= 0.3 is 0 Å². The summed E-state index contributed by atoms with van der Waals surface area (Å²) in [6.45, 7) is 1.84. The van der Waals surface area contributed by atoms with Crippen LogP contribution in [0.2, 0.25) is 0 Å². The topological polar surface area (TPSA) is 114 Å². The maximum Gasteiger partial charge on any atom is 0.240 e. The van der Waals surface area contributed by atoms with Crippen molar-refractivity contribution < 1.29 is 28.1 Å². The lowest BCUT2D eigenvalue weighted by atomic mass is 10.2. The highest BCUT2D eigenvalue weighted by atomic mass is 32.2. The molecule has 10 heteroatoms. The summed E-state index contributed by atoms with van der Waals surface area (Å²) in [6, 6.07) is 12.3. The first-order valence-corrected chi connectivity index (χ1v) is 13.1. The highest BCUT2D eigenvalue weighted by molar-refractivity contribution is 7.86. The molecule has 1 aliphatic heterocycles. The largest absolute Gasteiger partial charge is 0.454 e. The number of amides is 3. The predicted molar refractivity (Wildman–Crippen MR) is 133 cm³/mol. The summed E-state index contributed by atoms with van der Waals surface area (Å²) in [5, 5.41) is 5.65. The lowest BCUT2D eigenvalue weighted by Crippen LogP contribution is -2.45. The van der Waals surface area contributed by atoms with Crippen LogP contribution < -0.4 is 25.0 Å². The second-order valence-corrected chi connectivity index (χ2v) is 10.2. The van der Waals surface area contributed by atoms with Crippen molar-refractivity contribution in [2.45, 2.75) is 38.6 Å². The Morgan fingerprint density at radius 3 is 2.54 bits per heavy atom. The minimum Gasteiger partial charge on any atom is -0.454 e. The van der Waals surface area contributed by atoms with Crippen LogP contribution in [-0.4, -0.2) is 52.8 Å². The van der Waals surface area contributed by atoms with Crippen molar-refractivity contribution in [3.8, 4) is 11.5 Å². The fourth-order valence-corrected chi connectivity index (χ4v) is 5.09. The predicted octanol–water partition coefficient (Wildman–Crippen LogP) is 2.50. The van der Waals surface area contributed by atoms with Crippen molar-refractivity contribution in [1.29, 1.82) is 0 Å². The first kappa shape index (κ1) is 24.7. The number of nitrogens with zero attached hydrogens (tertiary/aromatic N) is 1. The van der Waals surface area contributed by atoms with Crippen molar-refractivity contribution in [2.75, 3.05) is 35.1 Å². The molecule has 2 N–H and O–H groups in total. The quantitative estimate of drug-likeness (QED) is 0.548. The van der Waals surface area contributed by atoms with Gasteiger partial charge in [0.25, 0.3) is 0 Å². The van der Waals surface area contributed by atoms with Crippen LogP contribution in [0.4, 0.5) is 11.4 Å². The summed E-state index contributed by atoms with van der Waals surface area (Å²) < 4.78 is 23.2. The molecule has 0 bridgehead atoms. The molecule has 1 aliphatic carbocycles. The number of benzene rings is 2. The molecule has 2 aromatic carbocycles. The molecule has 1 saturated carbocycles. The normalized spacial score (nSPS) is 15.5. The lowest BCUT2D eigenvalue weighted by Gasteiger charge is -2.24. The molecule has 0 aromatic heterocycles. The zero-order valence-electron chi connectivity index (χ0n) is 19.6. The van der Waals surface area contributed by atoms with E-state index >= 15 is 0 Å². The van der Waals surface area contributed by atoms with Crippen molar-refractivity contribution in [1.82, 2.24) is 5.32 Å². The summed E-state index contributed by atoms with van der Waals surface area (Å²) >= 11 is 0. The van der Waals surface area contributed by atoms with Gasteiger partial charge in [0.2, 0.25) is 24.5 Å². The Hall–Kier alpha value is -3.40. The third-order valence-corrected chi connectivity index (χ3v) is 7.02. The highest BCUT2D eigenvalue weighted by Gasteiger charge is 2.24. The second-order valence-electron chi connectivity index (χ2n) is 8.71. The summed E-state index contributed by atoms with van der Waals surface area (Å²) in [5.41, 5.74) is 1.96. The van der Waals surface area contributed by atoms with Crippen LogP contribution in [0.15, 0.2) is 42.5 Å². The van der Waals surface area contributed by atoms with Gasteiger partial charge in [-0.15, -0.1) is 0 Å². The monoisotopic (exact) mass is 499 g/mol. The van der Waals surface area contributed by atoms with Gasteiger partial charge in [-0.25, -0.2) is 0 Å². The van der Waals surface area contributed by atoms with E-state index in [1.54, 1.807) is 36.4 Å². The molecule has 1 atom stereocenters. The molecule has 0 saturated heterocycles. The average molecular weight is 500 g/mol. The van der Waals surface area contributed by atoms with E-state index in [9.17, 15) is 18.6 Å². The van der Waals surface area contributed by atoms with Gasteiger partial charge in [0.05, 0.1) is 0 Å². The summed E-state index contributed by atoms with van der Waals surface area (Å²) in [5.74, 6) is -0.843. The smallest absolute Gasteiger partial charge is 0.240 e. The standard InChI is InChI=1S/C25H29N3O6S/c1-17-5-4-8-20(11-17)28(13-23(29)26-18-6-2-3-7-18)25(31)15-35(32)14-24(30)27-19-9-10-21-22(12-19)34-16-33-21/h4-5,8-12,18H,2-3,6-7,13-16H2,1H3,(H,26,29)(H,27,30)/t35-/m1/s1. The molecule has 186 valence electrons. The minimum absolute atomic E-state index is 0.120. The van der Waals surface area contributed by atoms with Crippen molar-refractivity contribution >= 4 is 39.9 Å². The summed E-state index contributed by atoms with van der Waals surface area (Å²) in [4.78, 5) is 39.5. The fraction of sp³-hybridized carbons (Fsp3) is 0.400. The number of hydrogen-bond donors (Lipinski definition) is 2. The van der Waals surface area contributed by atoms with Crippen LogP contribution in [0.3, 0.4) is 0 Å². The molecule has 2 aliphatic rings. The number of carbonyl (C=O) groups excluding carboxylic acids is 3. The lowest BCUT2D eigenvalue weighted by molar-refractivity contribution is -0.123. The average Bonchev–Trinajstić information content (AvgIpc) is 3.48. The minimum atomic E-state index is -1.76. The number of aryl methyl sites for hydroxylation is 1. The first-order chi connectivity index (χ1) is 16.9. The van der Waals surface area contributed by atoms with Gasteiger partial charge in [-0.2, -0.15) is 0 Å². The summed E-state index contributed by atoms with van der Waals surface area (Å²) in [7, 11) is -1.76. The van der Waals surface area contributed by atoms with Gasteiger partial charge in [0.1, 0.15) is 18.1 Å². The molecule has 2 aromatic rings. The van der Waals surface area contributed by atoms with E-state index < -0.39 is 22.6 Å². The van der Waals surface area contributed by atoms with Crippen LogP contribution in [0, 0.1) is 6.92 Å². The van der Waals surface area contributed by atoms with Crippen molar-refractivity contribution in [2.24, 2.45) is 0 Å². The molecule has 1 heterocycles. The SMILES string of the molecule is Cc1cccc(N(CC(=O)NC2CCCC2)C(=O)C[S@](=O)CC(=O)Nc2ccc3c(c2)OCO3)c1. The van der Waals surface area contributed by atoms with Crippen LogP contribution in [0.5, 0.6) is 11.5 Å². The van der Waals surface area contributed by atoms with E-state index in [1.807, 2.05) is 13.0 Å². The zero-order valence-corrected chi connectivity index (χ0v) is 20.4. The number of anilines is 2. The summed E-state index contributed by atoms with van der Waals surface area (Å²) in [6.07, 6.45) is 4.04. The van der Waals surface area contributed by atoms with Crippen LogP contribution in [0.1, 0.15) is 31.2 Å². The first-order valence-electron chi connectivity index (χ1n) is 11.6. The number of rotatable bonds is 9. The third kappa shape index (κ3) is 6.82. The van der Waals surface area contributed by atoms with E-state index in [0.717, 1.165) is 31.2 Å². The molecule has 0 radical (unpaired) electrons. The van der Waals surface area contributed by atoms with E-state index in [2.05, 4.69) is 10.6 Å². The number of carbonyl (C=O) groups is 3. The maximum absolute atomic E-state index is 13.1. The van der Waals surface area contributed by atoms with Gasteiger partial charge in [-0.3, -0.25) is 18.6 Å². The Kier molecular flexibility index (Phi) is 8.02. The Balaban J connectivity index is 1.36. The van der Waals surface area contributed by atoms with Gasteiger partial charge in [-0.1, -0.05) is 25.0 Å². The van der Waals surface area contributed by atoms with Gasteiger partial charge in [-0.05, 0) is 49.6 Å². The Bertz CT molecular complexity index is 1130. The fourth-order valence-electron chi connectivity index (χ4n) is 4.19. The van der Waals surface area contributed by atoms with Crippen LogP contribution in [-0.2, 0) is 25.2 Å². The van der Waals surface area contributed by atoms with E-state index in [0.29, 0.717) is 22.9 Å². The third-order valence-electron chi connectivity index (χ3n) is 5.87. The van der Waals surface area contributed by atoms with Gasteiger partial charge in [0.15, 0.2) is 11.5 Å². The van der Waals surface area contributed by atoms with Crippen LogP contribution >= 0.6 is 0 Å². The zero-order chi connectivity index (χ0) is 24.8. The highest BCUT2D eigenvalue weighted by Crippen LogP contribution is 2.34. The van der Waals surface area contributed by atoms with Gasteiger partial charge < -0.3 is 25.0 Å². The van der Waals surface area contributed by atoms with E-state index in [1.165, 1.54) is 4.90 Å². The van der Waals surface area contributed by atoms with Crippen molar-refractivity contribution in [3.63, 3.8) is 0 Å². The molecule has 3 amide bonds. The van der Waals surface area contributed by atoms with Crippen LogP contribution in [0.25, 0.3) is 0 Å². The number of fused-ring (bicyclic) bond motifs is 1. The molecular formula is C25H29N3O6S. The molecule has 1 fully saturated rings. The maximum atomic E-state index is 13.1. The Morgan fingerprint density at radius 1 is 1.00 bits per heavy atom. The Labute approximate surface area is 206 Å².